The third kappa shape index (κ3) is 7.63. The zero-order valence-corrected chi connectivity index (χ0v) is 22.1. The minimum atomic E-state index is -0.632. The molecule has 1 aliphatic rings. The van der Waals surface area contributed by atoms with Crippen LogP contribution in [0.2, 0.25) is 10.0 Å². The lowest BCUT2D eigenvalue weighted by molar-refractivity contribution is -0.147. The molecule has 1 atom stereocenters. The van der Waals surface area contributed by atoms with Crippen LogP contribution in [0.1, 0.15) is 36.5 Å². The Hall–Kier alpha value is -3.22. The van der Waals surface area contributed by atoms with Crippen LogP contribution in [0.25, 0.3) is 0 Å². The lowest BCUT2D eigenvalue weighted by Gasteiger charge is -2.22. The van der Waals surface area contributed by atoms with Crippen molar-refractivity contribution in [1.82, 2.24) is 4.90 Å². The molecule has 194 valence electrons. The Labute approximate surface area is 227 Å². The largest absolute Gasteiger partial charge is 0.482 e. The van der Waals surface area contributed by atoms with Gasteiger partial charge in [-0.3, -0.25) is 4.79 Å². The van der Waals surface area contributed by atoms with E-state index in [4.69, 9.17) is 37.4 Å². The van der Waals surface area contributed by atoms with E-state index in [1.54, 1.807) is 43.3 Å². The summed E-state index contributed by atoms with van der Waals surface area (Å²) in [6, 6.07) is 19.9. The highest BCUT2D eigenvalue weighted by atomic mass is 35.5. The number of amides is 1. The monoisotopic (exact) mass is 541 g/mol. The van der Waals surface area contributed by atoms with E-state index >= 15 is 0 Å². The Balaban J connectivity index is 1.44. The molecule has 37 heavy (non-hydrogen) atoms. The van der Waals surface area contributed by atoms with Crippen LogP contribution in [-0.4, -0.2) is 42.6 Å². The molecule has 3 aromatic carbocycles. The summed E-state index contributed by atoms with van der Waals surface area (Å²) >= 11 is 12.6. The van der Waals surface area contributed by atoms with Crippen molar-refractivity contribution in [3.05, 3.63) is 93.5 Å². The first-order valence-corrected chi connectivity index (χ1v) is 13.0. The van der Waals surface area contributed by atoms with Crippen LogP contribution in [0.3, 0.4) is 0 Å². The molecule has 1 fully saturated rings. The summed E-state index contributed by atoms with van der Waals surface area (Å²) in [7, 11) is 0. The number of likely N-dealkylation sites (tertiary alicyclic amines) is 1. The van der Waals surface area contributed by atoms with Crippen molar-refractivity contribution in [2.75, 3.05) is 19.7 Å². The van der Waals surface area contributed by atoms with Crippen LogP contribution in [0.4, 0.5) is 0 Å². The van der Waals surface area contributed by atoms with Crippen molar-refractivity contribution in [1.29, 1.82) is 0 Å². The molecule has 0 aliphatic carbocycles. The molecule has 0 radical (unpaired) electrons. The maximum atomic E-state index is 12.8. The van der Waals surface area contributed by atoms with Crippen molar-refractivity contribution in [3.8, 4) is 11.5 Å². The normalized spacial score (nSPS) is 13.8. The standard InChI is InChI=1S/C29H29Cl2NO5/c1-20(29(34)32-13-5-6-14-32)37-27-12-10-25(31)17-23(27)15-22-16-24(30)9-11-26(22)35-19-28(33)36-18-21-7-3-2-4-8-21/h2-4,7-12,16-17,20H,5-6,13-15,18-19H2,1H3. The number of hydrogen-bond acceptors (Lipinski definition) is 5. The molecule has 4 rings (SSSR count). The number of ether oxygens (including phenoxy) is 3. The summed E-state index contributed by atoms with van der Waals surface area (Å²) in [6.07, 6.45) is 1.77. The van der Waals surface area contributed by atoms with Crippen LogP contribution in [0, 0.1) is 0 Å². The van der Waals surface area contributed by atoms with Crippen LogP contribution in [-0.2, 0) is 27.4 Å². The van der Waals surface area contributed by atoms with Gasteiger partial charge >= 0.3 is 5.97 Å². The van der Waals surface area contributed by atoms with E-state index in [1.165, 1.54) is 0 Å². The van der Waals surface area contributed by atoms with Crippen molar-refractivity contribution in [2.24, 2.45) is 0 Å². The Morgan fingerprint density at radius 2 is 1.51 bits per heavy atom. The highest BCUT2D eigenvalue weighted by Gasteiger charge is 2.25. The molecule has 0 spiro atoms. The summed E-state index contributed by atoms with van der Waals surface area (Å²) in [4.78, 5) is 26.9. The lowest BCUT2D eigenvalue weighted by Crippen LogP contribution is -2.38. The van der Waals surface area contributed by atoms with Gasteiger partial charge in [0.05, 0.1) is 0 Å². The van der Waals surface area contributed by atoms with E-state index in [2.05, 4.69) is 0 Å². The van der Waals surface area contributed by atoms with Crippen molar-refractivity contribution in [3.63, 3.8) is 0 Å². The van der Waals surface area contributed by atoms with Gasteiger partial charge in [0.2, 0.25) is 0 Å². The number of halogens is 2. The first-order chi connectivity index (χ1) is 17.9. The number of hydrogen-bond donors (Lipinski definition) is 0. The molecule has 1 saturated heterocycles. The first-order valence-electron chi connectivity index (χ1n) is 12.2. The number of carbonyl (C=O) groups excluding carboxylic acids is 2. The van der Waals surface area contributed by atoms with Crippen molar-refractivity contribution >= 4 is 35.1 Å². The molecule has 0 bridgehead atoms. The molecule has 1 unspecified atom stereocenters. The average Bonchev–Trinajstić information content (AvgIpc) is 3.44. The number of carbonyl (C=O) groups is 2. The van der Waals surface area contributed by atoms with E-state index in [9.17, 15) is 9.59 Å². The van der Waals surface area contributed by atoms with Gasteiger partial charge in [-0.2, -0.15) is 0 Å². The minimum Gasteiger partial charge on any atom is -0.482 e. The van der Waals surface area contributed by atoms with Crippen LogP contribution < -0.4 is 9.47 Å². The van der Waals surface area contributed by atoms with Gasteiger partial charge in [0.1, 0.15) is 18.1 Å². The Morgan fingerprint density at radius 3 is 2.19 bits per heavy atom. The summed E-state index contributed by atoms with van der Waals surface area (Å²) in [5.41, 5.74) is 2.41. The molecule has 6 nitrogen and oxygen atoms in total. The zero-order chi connectivity index (χ0) is 26.2. The van der Waals surface area contributed by atoms with Crippen LogP contribution >= 0.6 is 23.2 Å². The molecule has 1 aliphatic heterocycles. The fourth-order valence-corrected chi connectivity index (χ4v) is 4.57. The number of rotatable bonds is 10. The molecular formula is C29H29Cl2NO5. The lowest BCUT2D eigenvalue weighted by atomic mass is 10.0. The van der Waals surface area contributed by atoms with Crippen LogP contribution in [0.15, 0.2) is 66.7 Å². The summed E-state index contributed by atoms with van der Waals surface area (Å²) in [5, 5.41) is 1.06. The van der Waals surface area contributed by atoms with E-state index in [1.807, 2.05) is 35.2 Å². The van der Waals surface area contributed by atoms with E-state index in [0.717, 1.165) is 42.6 Å². The second-order valence-electron chi connectivity index (χ2n) is 8.91. The molecule has 8 heteroatoms. The minimum absolute atomic E-state index is 0.0285. The quantitative estimate of drug-likeness (QED) is 0.290. The van der Waals surface area contributed by atoms with Crippen LogP contribution in [0.5, 0.6) is 11.5 Å². The van der Waals surface area contributed by atoms with Gasteiger partial charge in [-0.25, -0.2) is 4.79 Å². The smallest absolute Gasteiger partial charge is 0.344 e. The van der Waals surface area contributed by atoms with Gasteiger partial charge in [0.25, 0.3) is 5.91 Å². The fourth-order valence-electron chi connectivity index (χ4n) is 4.19. The van der Waals surface area contributed by atoms with E-state index in [0.29, 0.717) is 28.0 Å². The molecule has 0 saturated carbocycles. The van der Waals surface area contributed by atoms with Crippen molar-refractivity contribution < 1.29 is 23.8 Å². The third-order valence-corrected chi connectivity index (χ3v) is 6.55. The van der Waals surface area contributed by atoms with Crippen molar-refractivity contribution in [2.45, 2.75) is 38.9 Å². The summed E-state index contributed by atoms with van der Waals surface area (Å²) in [5.74, 6) is 0.538. The first kappa shape index (κ1) is 26.8. The Bertz CT molecular complexity index is 1230. The number of esters is 1. The topological polar surface area (TPSA) is 65.1 Å². The van der Waals surface area contributed by atoms with Gasteiger partial charge in [-0.05, 0) is 61.7 Å². The maximum absolute atomic E-state index is 12.8. The molecular weight excluding hydrogens is 513 g/mol. The molecule has 0 aromatic heterocycles. The SMILES string of the molecule is CC(Oc1ccc(Cl)cc1Cc1cc(Cl)ccc1OCC(=O)OCc1ccccc1)C(=O)N1CCCC1. The molecule has 1 heterocycles. The third-order valence-electron chi connectivity index (χ3n) is 6.08. The van der Waals surface area contributed by atoms with E-state index < -0.39 is 12.1 Å². The number of nitrogens with zero attached hydrogens (tertiary/aromatic N) is 1. The summed E-state index contributed by atoms with van der Waals surface area (Å²) in [6.45, 7) is 3.21. The van der Waals surface area contributed by atoms with E-state index in [-0.39, 0.29) is 19.1 Å². The second kappa shape index (κ2) is 12.8. The summed E-state index contributed by atoms with van der Waals surface area (Å²) < 4.78 is 17.2. The highest BCUT2D eigenvalue weighted by Crippen LogP contribution is 2.31. The maximum Gasteiger partial charge on any atom is 0.344 e. The highest BCUT2D eigenvalue weighted by molar-refractivity contribution is 6.31. The van der Waals surface area contributed by atoms with Gasteiger partial charge in [-0.1, -0.05) is 53.5 Å². The predicted octanol–water partition coefficient (Wildman–Crippen LogP) is 6.10. The Kier molecular flexibility index (Phi) is 9.31. The Morgan fingerprint density at radius 1 is 0.892 bits per heavy atom. The van der Waals surface area contributed by atoms with Gasteiger partial charge in [-0.15, -0.1) is 0 Å². The average molecular weight is 542 g/mol. The second-order valence-corrected chi connectivity index (χ2v) is 9.78. The van der Waals surface area contributed by atoms with Gasteiger partial charge < -0.3 is 19.1 Å². The fraction of sp³-hybridized carbons (Fsp3) is 0.310. The predicted molar refractivity (Wildman–Crippen MR) is 143 cm³/mol. The van der Waals surface area contributed by atoms with Gasteiger partial charge in [0, 0.05) is 40.7 Å². The molecule has 0 N–H and O–H groups in total. The zero-order valence-electron chi connectivity index (χ0n) is 20.6. The number of benzene rings is 3. The van der Waals surface area contributed by atoms with Gasteiger partial charge in [0.15, 0.2) is 12.7 Å². The molecule has 1 amide bonds. The molecule has 3 aromatic rings.